The van der Waals surface area contributed by atoms with Crippen LogP contribution in [0.25, 0.3) is 0 Å². The van der Waals surface area contributed by atoms with Crippen LogP contribution in [0.15, 0.2) is 24.3 Å². The highest BCUT2D eigenvalue weighted by atomic mass is 16.1. The van der Waals surface area contributed by atoms with Crippen LogP contribution in [0, 0.1) is 0 Å². The Kier molecular flexibility index (Phi) is 4.16. The third-order valence-electron chi connectivity index (χ3n) is 2.43. The number of hydrogen-bond acceptors (Lipinski definition) is 2. The summed E-state index contributed by atoms with van der Waals surface area (Å²) in [6.07, 6.45) is 1.30. The number of benzene rings is 1. The van der Waals surface area contributed by atoms with E-state index in [1.165, 1.54) is 0 Å². The molecule has 0 radical (unpaired) electrons. The summed E-state index contributed by atoms with van der Waals surface area (Å²) in [7, 11) is 0. The van der Waals surface area contributed by atoms with Crippen LogP contribution in [-0.2, 0) is 11.2 Å². The fourth-order valence-electron chi connectivity index (χ4n) is 1.30. The van der Waals surface area contributed by atoms with Crippen LogP contribution in [-0.4, -0.2) is 11.9 Å². The van der Waals surface area contributed by atoms with E-state index in [9.17, 15) is 4.79 Å². The average Bonchev–Trinajstić information content (AvgIpc) is 2.21. The molecule has 0 saturated carbocycles. The predicted molar refractivity (Wildman–Crippen MR) is 62.5 cm³/mol. The highest BCUT2D eigenvalue weighted by molar-refractivity contribution is 5.80. The summed E-state index contributed by atoms with van der Waals surface area (Å²) in [5.74, 6) is 0.0299. The van der Waals surface area contributed by atoms with Gasteiger partial charge in [-0.05, 0) is 25.0 Å². The molecule has 0 spiro atoms. The summed E-state index contributed by atoms with van der Waals surface area (Å²) < 4.78 is 0. The maximum atomic E-state index is 11.6. The summed E-state index contributed by atoms with van der Waals surface area (Å²) in [6.45, 7) is 4.04. The molecule has 0 aliphatic carbocycles. The summed E-state index contributed by atoms with van der Waals surface area (Å²) in [4.78, 5) is 11.6. The normalized spacial score (nSPS) is 12.1. The first-order valence-corrected chi connectivity index (χ1v) is 5.26. The molecule has 3 nitrogen and oxygen atoms in total. The van der Waals surface area contributed by atoms with Gasteiger partial charge >= 0.3 is 0 Å². The van der Waals surface area contributed by atoms with Crippen molar-refractivity contribution in [3.8, 4) is 0 Å². The molecule has 1 rings (SSSR count). The molecule has 0 aromatic heterocycles. The Hall–Kier alpha value is -1.51. The van der Waals surface area contributed by atoms with E-state index in [1.807, 2.05) is 38.1 Å². The van der Waals surface area contributed by atoms with Gasteiger partial charge in [-0.1, -0.05) is 25.1 Å². The van der Waals surface area contributed by atoms with E-state index in [-0.39, 0.29) is 11.9 Å². The van der Waals surface area contributed by atoms with Crippen LogP contribution in [0.4, 0.5) is 5.69 Å². The van der Waals surface area contributed by atoms with E-state index in [0.717, 1.165) is 12.0 Å². The average molecular weight is 206 g/mol. The zero-order valence-corrected chi connectivity index (χ0v) is 9.29. The lowest BCUT2D eigenvalue weighted by atomic mass is 10.1. The minimum Gasteiger partial charge on any atom is -0.398 e. The molecule has 0 bridgehead atoms. The number of nitrogens with two attached hydrogens (primary N) is 1. The Labute approximate surface area is 90.7 Å². The molecule has 0 fully saturated rings. The van der Waals surface area contributed by atoms with Crippen LogP contribution in [0.2, 0.25) is 0 Å². The van der Waals surface area contributed by atoms with Crippen LogP contribution in [0.5, 0.6) is 0 Å². The van der Waals surface area contributed by atoms with Gasteiger partial charge in [-0.25, -0.2) is 0 Å². The lowest BCUT2D eigenvalue weighted by molar-refractivity contribution is -0.121. The van der Waals surface area contributed by atoms with Crippen LogP contribution >= 0.6 is 0 Å². The summed E-state index contributed by atoms with van der Waals surface area (Å²) >= 11 is 0. The molecular weight excluding hydrogens is 188 g/mol. The molecule has 0 unspecified atom stereocenters. The molecule has 0 heterocycles. The SMILES string of the molecule is CC[C@H](C)NC(=O)Cc1ccccc1N. The third kappa shape index (κ3) is 3.62. The zero-order chi connectivity index (χ0) is 11.3. The van der Waals surface area contributed by atoms with Gasteiger partial charge in [-0.2, -0.15) is 0 Å². The van der Waals surface area contributed by atoms with Crippen molar-refractivity contribution < 1.29 is 4.79 Å². The minimum atomic E-state index is 0.0299. The summed E-state index contributed by atoms with van der Waals surface area (Å²) in [6, 6.07) is 7.67. The van der Waals surface area contributed by atoms with E-state index in [1.54, 1.807) is 0 Å². The van der Waals surface area contributed by atoms with Crippen LogP contribution in [0.1, 0.15) is 25.8 Å². The fraction of sp³-hybridized carbons (Fsp3) is 0.417. The molecule has 3 heteroatoms. The predicted octanol–water partition coefficient (Wildman–Crippen LogP) is 1.73. The first kappa shape index (κ1) is 11.6. The van der Waals surface area contributed by atoms with Crippen molar-refractivity contribution in [3.63, 3.8) is 0 Å². The Morgan fingerprint density at radius 1 is 1.47 bits per heavy atom. The van der Waals surface area contributed by atoms with Crippen molar-refractivity contribution in [1.82, 2.24) is 5.32 Å². The second-order valence-corrected chi connectivity index (χ2v) is 3.75. The van der Waals surface area contributed by atoms with Gasteiger partial charge in [0, 0.05) is 11.7 Å². The van der Waals surface area contributed by atoms with Gasteiger partial charge in [0.05, 0.1) is 6.42 Å². The van der Waals surface area contributed by atoms with E-state index in [4.69, 9.17) is 5.73 Å². The number of hydrogen-bond donors (Lipinski definition) is 2. The number of carbonyl (C=O) groups is 1. The maximum Gasteiger partial charge on any atom is 0.224 e. The molecule has 3 N–H and O–H groups in total. The van der Waals surface area contributed by atoms with Gasteiger partial charge in [0.25, 0.3) is 0 Å². The van der Waals surface area contributed by atoms with Crippen molar-refractivity contribution in [2.24, 2.45) is 0 Å². The quantitative estimate of drug-likeness (QED) is 0.737. The van der Waals surface area contributed by atoms with E-state index in [2.05, 4.69) is 5.32 Å². The van der Waals surface area contributed by atoms with Gasteiger partial charge < -0.3 is 11.1 Å². The monoisotopic (exact) mass is 206 g/mol. The number of nitrogens with one attached hydrogen (secondary N) is 1. The lowest BCUT2D eigenvalue weighted by Gasteiger charge is -2.11. The van der Waals surface area contributed by atoms with Gasteiger partial charge in [0.15, 0.2) is 0 Å². The highest BCUT2D eigenvalue weighted by Gasteiger charge is 2.07. The van der Waals surface area contributed by atoms with Gasteiger partial charge in [0.1, 0.15) is 0 Å². The largest absolute Gasteiger partial charge is 0.398 e. The first-order chi connectivity index (χ1) is 7.13. The van der Waals surface area contributed by atoms with Crippen LogP contribution in [0.3, 0.4) is 0 Å². The van der Waals surface area contributed by atoms with Crippen LogP contribution < -0.4 is 11.1 Å². The number of nitrogen functional groups attached to an aromatic ring is 1. The van der Waals surface area contributed by atoms with Crippen molar-refractivity contribution in [3.05, 3.63) is 29.8 Å². The Morgan fingerprint density at radius 3 is 2.73 bits per heavy atom. The number of anilines is 1. The Morgan fingerprint density at radius 2 is 2.13 bits per heavy atom. The lowest BCUT2D eigenvalue weighted by Crippen LogP contribution is -2.33. The molecule has 1 aromatic rings. The van der Waals surface area contributed by atoms with E-state index in [0.29, 0.717) is 12.1 Å². The second kappa shape index (κ2) is 5.39. The number of para-hydroxylation sites is 1. The van der Waals surface area contributed by atoms with Crippen molar-refractivity contribution in [1.29, 1.82) is 0 Å². The smallest absolute Gasteiger partial charge is 0.224 e. The number of rotatable bonds is 4. The summed E-state index contributed by atoms with van der Waals surface area (Å²) in [5.41, 5.74) is 7.32. The molecule has 0 saturated heterocycles. The van der Waals surface area contributed by atoms with E-state index >= 15 is 0 Å². The van der Waals surface area contributed by atoms with Gasteiger partial charge in [-0.3, -0.25) is 4.79 Å². The minimum absolute atomic E-state index is 0.0299. The topological polar surface area (TPSA) is 55.1 Å². The molecule has 1 aromatic carbocycles. The van der Waals surface area contributed by atoms with Crippen molar-refractivity contribution in [2.45, 2.75) is 32.7 Å². The van der Waals surface area contributed by atoms with Gasteiger partial charge in [0.2, 0.25) is 5.91 Å². The Bertz CT molecular complexity index is 336. The first-order valence-electron chi connectivity index (χ1n) is 5.26. The maximum absolute atomic E-state index is 11.6. The summed E-state index contributed by atoms with van der Waals surface area (Å²) in [5, 5.41) is 2.91. The van der Waals surface area contributed by atoms with Gasteiger partial charge in [-0.15, -0.1) is 0 Å². The molecule has 1 atom stereocenters. The Balaban J connectivity index is 2.55. The molecule has 0 aliphatic rings. The third-order valence-corrected chi connectivity index (χ3v) is 2.43. The zero-order valence-electron chi connectivity index (χ0n) is 9.29. The molecule has 1 amide bonds. The molecule has 15 heavy (non-hydrogen) atoms. The molecular formula is C12H18N2O. The van der Waals surface area contributed by atoms with Crippen molar-refractivity contribution >= 4 is 11.6 Å². The fourth-order valence-corrected chi connectivity index (χ4v) is 1.30. The molecule has 0 aliphatic heterocycles. The second-order valence-electron chi connectivity index (χ2n) is 3.75. The molecule has 82 valence electrons. The number of carbonyl (C=O) groups excluding carboxylic acids is 1. The highest BCUT2D eigenvalue weighted by Crippen LogP contribution is 2.10. The number of amides is 1. The van der Waals surface area contributed by atoms with E-state index < -0.39 is 0 Å². The standard InChI is InChI=1S/C12H18N2O/c1-3-9(2)14-12(15)8-10-6-4-5-7-11(10)13/h4-7,9H,3,8,13H2,1-2H3,(H,14,15)/t9-/m0/s1. The van der Waals surface area contributed by atoms with Crippen molar-refractivity contribution in [2.75, 3.05) is 5.73 Å².